The van der Waals surface area contributed by atoms with Gasteiger partial charge in [-0.05, 0) is 37.3 Å². The minimum atomic E-state index is -0.532. The van der Waals surface area contributed by atoms with Crippen molar-refractivity contribution in [3.05, 3.63) is 56.8 Å². The van der Waals surface area contributed by atoms with E-state index in [4.69, 9.17) is 23.7 Å². The number of esters is 1. The van der Waals surface area contributed by atoms with Crippen LogP contribution in [0, 0.1) is 6.92 Å². The highest BCUT2D eigenvalue weighted by Crippen LogP contribution is 2.40. The SMILES string of the molecule is COCC(=O)Oc1ccc2c(c1C)O/C(=C\c1cc(Br)cc3c1OCOC3)C2=O. The van der Waals surface area contributed by atoms with E-state index < -0.39 is 5.97 Å². The molecule has 0 aliphatic carbocycles. The number of fused-ring (bicyclic) bond motifs is 2. The summed E-state index contributed by atoms with van der Waals surface area (Å²) in [5.74, 6) is 0.732. The number of Topliss-reactive ketones (excluding diaryl/α,β-unsaturated/α-hetero) is 1. The van der Waals surface area contributed by atoms with E-state index in [2.05, 4.69) is 15.9 Å². The van der Waals surface area contributed by atoms with Crippen LogP contribution in [0.25, 0.3) is 6.08 Å². The highest BCUT2D eigenvalue weighted by atomic mass is 79.9. The fraction of sp³-hybridized carbons (Fsp3) is 0.238. The lowest BCUT2D eigenvalue weighted by Crippen LogP contribution is -2.14. The maximum absolute atomic E-state index is 12.8. The maximum Gasteiger partial charge on any atom is 0.337 e. The van der Waals surface area contributed by atoms with E-state index in [0.717, 1.165) is 10.0 Å². The number of carbonyl (C=O) groups excluding carboxylic acids is 2. The molecule has 0 saturated heterocycles. The van der Waals surface area contributed by atoms with Gasteiger partial charge in [0.25, 0.3) is 0 Å². The third-order valence-corrected chi connectivity index (χ3v) is 4.97. The third kappa shape index (κ3) is 3.78. The van der Waals surface area contributed by atoms with E-state index in [-0.39, 0.29) is 24.9 Å². The molecular formula is C21H17BrO7. The van der Waals surface area contributed by atoms with Gasteiger partial charge in [0.15, 0.2) is 12.6 Å². The molecule has 2 aliphatic rings. The van der Waals surface area contributed by atoms with Gasteiger partial charge < -0.3 is 23.7 Å². The Morgan fingerprint density at radius 2 is 2.10 bits per heavy atom. The predicted molar refractivity (Wildman–Crippen MR) is 106 cm³/mol. The Morgan fingerprint density at radius 3 is 2.90 bits per heavy atom. The molecule has 0 N–H and O–H groups in total. The van der Waals surface area contributed by atoms with Crippen LogP contribution in [0.3, 0.4) is 0 Å². The molecule has 0 amide bonds. The molecule has 0 radical (unpaired) electrons. The average molecular weight is 461 g/mol. The van der Waals surface area contributed by atoms with E-state index in [1.54, 1.807) is 25.1 Å². The summed E-state index contributed by atoms with van der Waals surface area (Å²) in [5, 5.41) is 0. The first kappa shape index (κ1) is 19.6. The second-order valence-electron chi connectivity index (χ2n) is 6.51. The number of ether oxygens (including phenoxy) is 5. The summed E-state index contributed by atoms with van der Waals surface area (Å²) in [7, 11) is 1.41. The zero-order valence-electron chi connectivity index (χ0n) is 15.7. The molecule has 2 aliphatic heterocycles. The van der Waals surface area contributed by atoms with Crippen molar-refractivity contribution in [2.45, 2.75) is 13.5 Å². The fourth-order valence-corrected chi connectivity index (χ4v) is 3.73. The van der Waals surface area contributed by atoms with Crippen molar-refractivity contribution in [1.29, 1.82) is 0 Å². The lowest BCUT2D eigenvalue weighted by Gasteiger charge is -2.20. The minimum Gasteiger partial charge on any atom is -0.467 e. The Balaban J connectivity index is 1.68. The molecule has 8 heteroatoms. The molecule has 29 heavy (non-hydrogen) atoms. The highest BCUT2D eigenvalue weighted by Gasteiger charge is 2.31. The topological polar surface area (TPSA) is 80.3 Å². The molecular weight excluding hydrogens is 444 g/mol. The second-order valence-corrected chi connectivity index (χ2v) is 7.42. The summed E-state index contributed by atoms with van der Waals surface area (Å²) < 4.78 is 27.7. The van der Waals surface area contributed by atoms with Gasteiger partial charge in [0.05, 0.1) is 12.2 Å². The molecule has 0 saturated carbocycles. The van der Waals surface area contributed by atoms with E-state index in [0.29, 0.717) is 40.5 Å². The average Bonchev–Trinajstić information content (AvgIpc) is 3.00. The quantitative estimate of drug-likeness (QED) is 0.390. The number of hydrogen-bond donors (Lipinski definition) is 0. The van der Waals surface area contributed by atoms with Gasteiger partial charge in [-0.15, -0.1) is 0 Å². The molecule has 2 heterocycles. The van der Waals surface area contributed by atoms with Gasteiger partial charge in [-0.25, -0.2) is 4.79 Å². The van der Waals surface area contributed by atoms with Crippen molar-refractivity contribution >= 4 is 33.8 Å². The predicted octanol–water partition coefficient (Wildman–Crippen LogP) is 3.79. The molecule has 0 unspecified atom stereocenters. The van der Waals surface area contributed by atoms with Gasteiger partial charge in [-0.2, -0.15) is 0 Å². The van der Waals surface area contributed by atoms with Crippen LogP contribution in [0.2, 0.25) is 0 Å². The molecule has 0 fully saturated rings. The number of benzene rings is 2. The zero-order chi connectivity index (χ0) is 20.5. The van der Waals surface area contributed by atoms with E-state index >= 15 is 0 Å². The van der Waals surface area contributed by atoms with Crippen LogP contribution >= 0.6 is 15.9 Å². The Kier molecular flexibility index (Phi) is 5.40. The van der Waals surface area contributed by atoms with Gasteiger partial charge in [0.2, 0.25) is 5.78 Å². The van der Waals surface area contributed by atoms with Crippen molar-refractivity contribution in [3.63, 3.8) is 0 Å². The normalized spacial score (nSPS) is 16.1. The fourth-order valence-electron chi connectivity index (χ4n) is 3.21. The summed E-state index contributed by atoms with van der Waals surface area (Å²) in [5.41, 5.74) is 2.56. The number of carbonyl (C=O) groups is 2. The molecule has 4 rings (SSSR count). The van der Waals surface area contributed by atoms with Crippen LogP contribution in [0.5, 0.6) is 17.2 Å². The van der Waals surface area contributed by atoms with Crippen LogP contribution < -0.4 is 14.2 Å². The van der Waals surface area contributed by atoms with Gasteiger partial charge in [0.1, 0.15) is 23.9 Å². The first-order chi connectivity index (χ1) is 14.0. The third-order valence-electron chi connectivity index (χ3n) is 4.51. The van der Waals surface area contributed by atoms with Crippen LogP contribution in [0.4, 0.5) is 0 Å². The summed E-state index contributed by atoms with van der Waals surface area (Å²) in [6.45, 7) is 2.13. The molecule has 7 nitrogen and oxygen atoms in total. The van der Waals surface area contributed by atoms with Crippen molar-refractivity contribution in [2.75, 3.05) is 20.5 Å². The Morgan fingerprint density at radius 1 is 1.28 bits per heavy atom. The van der Waals surface area contributed by atoms with Crippen molar-refractivity contribution in [3.8, 4) is 17.2 Å². The second kappa shape index (κ2) is 7.98. The summed E-state index contributed by atoms with van der Waals surface area (Å²) in [6, 6.07) is 6.92. The number of halogens is 1. The number of allylic oxidation sites excluding steroid dienone is 1. The Labute approximate surface area is 175 Å². The van der Waals surface area contributed by atoms with Crippen molar-refractivity contribution in [1.82, 2.24) is 0 Å². The lowest BCUT2D eigenvalue weighted by atomic mass is 10.0. The van der Waals surface area contributed by atoms with Crippen LogP contribution in [-0.4, -0.2) is 32.3 Å². The standard InChI is InChI=1S/C21H17BrO7/c1-11-16(28-18(23)9-25-2)4-3-15-19(24)17(29-20(11)15)7-12-5-14(22)6-13-8-26-10-27-21(12)13/h3-7H,8-10H2,1-2H3/b17-7-. The summed E-state index contributed by atoms with van der Waals surface area (Å²) in [6.07, 6.45) is 1.65. The van der Waals surface area contributed by atoms with Gasteiger partial charge in [-0.1, -0.05) is 15.9 Å². The number of hydrogen-bond acceptors (Lipinski definition) is 7. The molecule has 2 aromatic rings. The van der Waals surface area contributed by atoms with Crippen LogP contribution in [0.15, 0.2) is 34.5 Å². The summed E-state index contributed by atoms with van der Waals surface area (Å²) >= 11 is 3.47. The lowest BCUT2D eigenvalue weighted by molar-refractivity contribution is -0.138. The van der Waals surface area contributed by atoms with Crippen LogP contribution in [0.1, 0.15) is 27.0 Å². The molecule has 0 atom stereocenters. The Bertz CT molecular complexity index is 1040. The maximum atomic E-state index is 12.8. The summed E-state index contributed by atoms with van der Waals surface area (Å²) in [4.78, 5) is 24.6. The minimum absolute atomic E-state index is 0.148. The van der Waals surface area contributed by atoms with E-state index in [1.807, 2.05) is 12.1 Å². The first-order valence-electron chi connectivity index (χ1n) is 8.78. The van der Waals surface area contributed by atoms with Gasteiger partial charge in [0, 0.05) is 28.3 Å². The molecule has 0 aromatic heterocycles. The zero-order valence-corrected chi connectivity index (χ0v) is 17.3. The molecule has 2 aromatic carbocycles. The Hall–Kier alpha value is -2.68. The van der Waals surface area contributed by atoms with E-state index in [1.165, 1.54) is 7.11 Å². The van der Waals surface area contributed by atoms with Crippen LogP contribution in [-0.2, 0) is 20.9 Å². The molecule has 0 bridgehead atoms. The largest absolute Gasteiger partial charge is 0.467 e. The van der Waals surface area contributed by atoms with Crippen molar-refractivity contribution < 1.29 is 33.3 Å². The number of methoxy groups -OCH3 is 1. The highest BCUT2D eigenvalue weighted by molar-refractivity contribution is 9.10. The van der Waals surface area contributed by atoms with E-state index in [9.17, 15) is 9.59 Å². The van der Waals surface area contributed by atoms with Gasteiger partial charge in [-0.3, -0.25) is 4.79 Å². The number of rotatable bonds is 4. The molecule has 0 spiro atoms. The monoisotopic (exact) mass is 460 g/mol. The smallest absolute Gasteiger partial charge is 0.337 e. The van der Waals surface area contributed by atoms with Crippen molar-refractivity contribution in [2.24, 2.45) is 0 Å². The number of ketones is 1. The first-order valence-corrected chi connectivity index (χ1v) is 9.57. The molecule has 150 valence electrons. The van der Waals surface area contributed by atoms with Gasteiger partial charge >= 0.3 is 5.97 Å².